The Labute approximate surface area is 304 Å². The number of carboxylic acids is 2. The average molecular weight is 750 g/mol. The molecule has 2 rings (SSSR count). The number of nitrogens with two attached hydrogens (primary N) is 2. The zero-order chi connectivity index (χ0) is 38.6. The number of unbranched alkanes of at least 4 members (excludes halogenated alkanes) is 1. The number of thiol groups is 1. The van der Waals surface area contributed by atoms with Crippen LogP contribution in [0.2, 0.25) is 0 Å². The van der Waals surface area contributed by atoms with E-state index in [9.17, 15) is 48.9 Å². The smallest absolute Gasteiger partial charge is 0.326 e. The number of aliphatic hydroxyl groups is 1. The summed E-state index contributed by atoms with van der Waals surface area (Å²) in [7, 11) is 0. The predicted octanol–water partition coefficient (Wildman–Crippen LogP) is -3.05. The maximum atomic E-state index is 13.8. The number of aromatic amines is 1. The Morgan fingerprint density at radius 1 is 0.750 bits per heavy atom. The predicted molar refractivity (Wildman–Crippen MR) is 188 cm³/mol. The highest BCUT2D eigenvalue weighted by Crippen LogP contribution is 2.09. The van der Waals surface area contributed by atoms with Gasteiger partial charge in [-0.1, -0.05) is 30.3 Å². The van der Waals surface area contributed by atoms with E-state index < -0.39 is 97.2 Å². The van der Waals surface area contributed by atoms with Gasteiger partial charge in [0.1, 0.15) is 30.2 Å². The molecule has 0 radical (unpaired) electrons. The Bertz CT molecular complexity index is 1480. The Hall–Kier alpha value is -5.05. The number of imidazole rings is 1. The summed E-state index contributed by atoms with van der Waals surface area (Å²) < 4.78 is 0. The van der Waals surface area contributed by atoms with Crippen LogP contribution in [0.5, 0.6) is 0 Å². The average Bonchev–Trinajstić information content (AvgIpc) is 3.64. The molecule has 0 aliphatic carbocycles. The van der Waals surface area contributed by atoms with Gasteiger partial charge < -0.3 is 58.4 Å². The van der Waals surface area contributed by atoms with Crippen LogP contribution in [-0.2, 0) is 46.4 Å². The number of carbonyl (C=O) groups is 7. The van der Waals surface area contributed by atoms with Crippen molar-refractivity contribution in [2.45, 2.75) is 81.2 Å². The number of amides is 5. The van der Waals surface area contributed by atoms with Crippen molar-refractivity contribution in [3.63, 3.8) is 0 Å². The molecule has 2 aromatic rings. The van der Waals surface area contributed by atoms with Crippen LogP contribution >= 0.6 is 12.6 Å². The van der Waals surface area contributed by atoms with E-state index in [-0.39, 0.29) is 25.0 Å². The van der Waals surface area contributed by atoms with E-state index in [1.54, 1.807) is 30.3 Å². The van der Waals surface area contributed by atoms with E-state index >= 15 is 0 Å². The largest absolute Gasteiger partial charge is 0.481 e. The summed E-state index contributed by atoms with van der Waals surface area (Å²) in [6.45, 7) is -0.597. The number of H-pyrrole nitrogens is 1. The fourth-order valence-electron chi connectivity index (χ4n) is 4.82. The van der Waals surface area contributed by atoms with E-state index in [2.05, 4.69) is 49.2 Å². The van der Waals surface area contributed by atoms with Gasteiger partial charge in [-0.3, -0.25) is 28.8 Å². The monoisotopic (exact) mass is 749 g/mol. The first-order valence-corrected chi connectivity index (χ1v) is 17.1. The molecule has 1 aromatic carbocycles. The van der Waals surface area contributed by atoms with Crippen molar-refractivity contribution in [1.29, 1.82) is 0 Å². The van der Waals surface area contributed by atoms with Gasteiger partial charge in [-0.05, 0) is 37.8 Å². The van der Waals surface area contributed by atoms with Crippen molar-refractivity contribution in [1.82, 2.24) is 36.6 Å². The lowest BCUT2D eigenvalue weighted by Crippen LogP contribution is -2.60. The van der Waals surface area contributed by atoms with E-state index in [0.29, 0.717) is 30.6 Å². The summed E-state index contributed by atoms with van der Waals surface area (Å²) in [5.41, 5.74) is 12.3. The van der Waals surface area contributed by atoms with Gasteiger partial charge in [0.15, 0.2) is 0 Å². The van der Waals surface area contributed by atoms with Crippen LogP contribution < -0.4 is 38.1 Å². The normalized spacial score (nSPS) is 14.4. The number of carboxylic acid groups (broad SMARTS) is 2. The topological polar surface area (TPSA) is 321 Å². The summed E-state index contributed by atoms with van der Waals surface area (Å²) in [5.74, 6) is -7.15. The second-order valence-corrected chi connectivity index (χ2v) is 12.2. The lowest BCUT2D eigenvalue weighted by atomic mass is 10.0. The van der Waals surface area contributed by atoms with Crippen LogP contribution in [0.1, 0.15) is 43.4 Å². The van der Waals surface area contributed by atoms with Gasteiger partial charge in [0, 0.05) is 36.9 Å². The van der Waals surface area contributed by atoms with Crippen molar-refractivity contribution >= 4 is 54.1 Å². The molecule has 286 valence electrons. The lowest BCUT2D eigenvalue weighted by Gasteiger charge is -2.27. The second kappa shape index (κ2) is 22.7. The molecule has 52 heavy (non-hydrogen) atoms. The van der Waals surface area contributed by atoms with Crippen molar-refractivity contribution in [2.24, 2.45) is 11.5 Å². The summed E-state index contributed by atoms with van der Waals surface area (Å²) in [4.78, 5) is 96.2. The van der Waals surface area contributed by atoms with Gasteiger partial charge in [-0.25, -0.2) is 9.78 Å². The first-order chi connectivity index (χ1) is 24.8. The van der Waals surface area contributed by atoms with Crippen molar-refractivity contribution < 1.29 is 48.9 Å². The van der Waals surface area contributed by atoms with Gasteiger partial charge in [-0.15, -0.1) is 0 Å². The summed E-state index contributed by atoms with van der Waals surface area (Å²) in [5, 5.41) is 40.9. The summed E-state index contributed by atoms with van der Waals surface area (Å²) in [6, 6.07) is 0.246. The second-order valence-electron chi connectivity index (χ2n) is 11.8. The molecule has 6 atom stereocenters. The van der Waals surface area contributed by atoms with Gasteiger partial charge in [-0.2, -0.15) is 12.6 Å². The van der Waals surface area contributed by atoms with E-state index in [4.69, 9.17) is 11.5 Å². The van der Waals surface area contributed by atoms with Gasteiger partial charge in [0.25, 0.3) is 0 Å². The van der Waals surface area contributed by atoms with E-state index in [1.165, 1.54) is 12.5 Å². The molecule has 1 aromatic heterocycles. The summed E-state index contributed by atoms with van der Waals surface area (Å²) in [6.07, 6.45) is 2.45. The number of aromatic nitrogens is 2. The molecule has 0 saturated heterocycles. The third kappa shape index (κ3) is 15.1. The lowest BCUT2D eigenvalue weighted by molar-refractivity contribution is -0.142. The number of hydrogen-bond donors (Lipinski definition) is 12. The van der Waals surface area contributed by atoms with Crippen LogP contribution in [0.4, 0.5) is 0 Å². The zero-order valence-corrected chi connectivity index (χ0v) is 29.2. The molecule has 13 N–H and O–H groups in total. The highest BCUT2D eigenvalue weighted by atomic mass is 32.1. The number of aliphatic hydroxyl groups excluding tert-OH is 1. The quantitative estimate of drug-likeness (QED) is 0.0375. The van der Waals surface area contributed by atoms with Crippen molar-refractivity contribution in [3.8, 4) is 0 Å². The minimum absolute atomic E-state index is 0.0685. The molecule has 0 aliphatic rings. The number of nitrogens with zero attached hydrogens (tertiary/aromatic N) is 1. The number of carbonyl (C=O) groups excluding carboxylic acids is 5. The molecule has 0 unspecified atom stereocenters. The van der Waals surface area contributed by atoms with Crippen molar-refractivity contribution in [3.05, 3.63) is 54.1 Å². The molecule has 20 heteroatoms. The molecular formula is C32H47N9O10S. The molecule has 0 saturated carbocycles. The molecular weight excluding hydrogens is 702 g/mol. The number of benzene rings is 1. The molecule has 0 fully saturated rings. The minimum Gasteiger partial charge on any atom is -0.481 e. The number of rotatable bonds is 24. The van der Waals surface area contributed by atoms with Crippen LogP contribution in [0.3, 0.4) is 0 Å². The van der Waals surface area contributed by atoms with Gasteiger partial charge >= 0.3 is 11.9 Å². The highest BCUT2D eigenvalue weighted by Gasteiger charge is 2.33. The molecule has 0 bridgehead atoms. The van der Waals surface area contributed by atoms with Crippen LogP contribution in [-0.4, -0.2) is 122 Å². The third-order valence-electron chi connectivity index (χ3n) is 7.72. The fourth-order valence-corrected chi connectivity index (χ4v) is 4.98. The minimum atomic E-state index is -1.56. The maximum Gasteiger partial charge on any atom is 0.326 e. The number of hydrogen-bond acceptors (Lipinski definition) is 12. The van der Waals surface area contributed by atoms with Crippen molar-refractivity contribution in [2.75, 3.05) is 18.9 Å². The zero-order valence-electron chi connectivity index (χ0n) is 28.3. The van der Waals surface area contributed by atoms with Crippen LogP contribution in [0.25, 0.3) is 0 Å². The Balaban J connectivity index is 2.34. The Morgan fingerprint density at radius 3 is 1.85 bits per heavy atom. The first kappa shape index (κ1) is 43.1. The Morgan fingerprint density at radius 2 is 1.31 bits per heavy atom. The molecule has 5 amide bonds. The van der Waals surface area contributed by atoms with Gasteiger partial charge in [0.2, 0.25) is 29.5 Å². The van der Waals surface area contributed by atoms with Crippen LogP contribution in [0.15, 0.2) is 42.9 Å². The fraction of sp³-hybridized carbons (Fsp3) is 0.500. The van der Waals surface area contributed by atoms with Gasteiger partial charge in [0.05, 0.1) is 19.0 Å². The molecule has 1 heterocycles. The number of aliphatic carboxylic acids is 2. The third-order valence-corrected chi connectivity index (χ3v) is 8.11. The first-order valence-electron chi connectivity index (χ1n) is 16.4. The Kier molecular flexibility index (Phi) is 18.8. The van der Waals surface area contributed by atoms with Crippen LogP contribution in [0, 0.1) is 0 Å². The molecule has 0 spiro atoms. The SMILES string of the molecule is NCCCC[C@H](NC(=O)[C@H](Cc1ccccc1)NC(=O)[C@H](CCC(=O)O)NC(=O)[C@H](CO)NC(=O)[C@@H](N)CS)C(=O)N[C@@H](Cc1cnc[nH]1)C(=O)O. The molecule has 0 aliphatic heterocycles. The molecule has 19 nitrogen and oxygen atoms in total. The highest BCUT2D eigenvalue weighted by molar-refractivity contribution is 7.80. The number of nitrogens with one attached hydrogen (secondary N) is 6. The van der Waals surface area contributed by atoms with E-state index in [0.717, 1.165) is 0 Å². The maximum absolute atomic E-state index is 13.8. The standard InChI is InChI=1S/C32H47N9O10S/c33-11-5-4-8-21(28(46)40-24(32(50)51)13-19-14-35-17-36-19)37-30(48)23(12-18-6-2-1-3-7-18)39-29(47)22(9-10-26(43)44)38-31(49)25(15-42)41-27(45)20(34)16-52/h1-3,6-7,14,17,20-25,42,52H,4-5,8-13,15-16,33-34H2,(H,35,36)(H,37,48)(H,38,49)(H,39,47)(H,40,46)(H,41,45)(H,43,44)(H,50,51)/t20-,21-,22-,23-,24-,25-/m0/s1. The summed E-state index contributed by atoms with van der Waals surface area (Å²) >= 11 is 3.92. The van der Waals surface area contributed by atoms with E-state index in [1.807, 2.05) is 0 Å².